The molecule has 3 heteroatoms. The second kappa shape index (κ2) is 4.12. The maximum Gasteiger partial charge on any atom is 0.306 e. The SMILES string of the molecule is CCOC(=O)CC1(C2CO2)CCC(C)C1. The van der Waals surface area contributed by atoms with Gasteiger partial charge in [0.2, 0.25) is 0 Å². The van der Waals surface area contributed by atoms with Gasteiger partial charge in [0.25, 0.3) is 0 Å². The van der Waals surface area contributed by atoms with Crippen LogP contribution in [0, 0.1) is 11.3 Å². The Hall–Kier alpha value is -0.570. The highest BCUT2D eigenvalue weighted by Crippen LogP contribution is 2.51. The number of rotatable bonds is 4. The van der Waals surface area contributed by atoms with Crippen molar-refractivity contribution in [3.63, 3.8) is 0 Å². The monoisotopic (exact) mass is 212 g/mol. The zero-order valence-corrected chi connectivity index (χ0v) is 9.62. The van der Waals surface area contributed by atoms with E-state index in [-0.39, 0.29) is 11.4 Å². The van der Waals surface area contributed by atoms with Crippen LogP contribution in [0.15, 0.2) is 0 Å². The van der Waals surface area contributed by atoms with Crippen molar-refractivity contribution < 1.29 is 14.3 Å². The Balaban J connectivity index is 1.97. The van der Waals surface area contributed by atoms with Gasteiger partial charge in [-0.15, -0.1) is 0 Å². The number of esters is 1. The third-order valence-electron chi connectivity index (χ3n) is 3.71. The fraction of sp³-hybridized carbons (Fsp3) is 0.917. The van der Waals surface area contributed by atoms with Crippen molar-refractivity contribution in [3.8, 4) is 0 Å². The summed E-state index contributed by atoms with van der Waals surface area (Å²) in [5, 5.41) is 0. The molecule has 2 aliphatic rings. The third kappa shape index (κ3) is 2.33. The molecule has 0 radical (unpaired) electrons. The van der Waals surface area contributed by atoms with Gasteiger partial charge >= 0.3 is 5.97 Å². The van der Waals surface area contributed by atoms with Crippen LogP contribution in [0.3, 0.4) is 0 Å². The molecule has 1 heterocycles. The summed E-state index contributed by atoms with van der Waals surface area (Å²) in [5.41, 5.74) is 0.103. The van der Waals surface area contributed by atoms with E-state index in [0.29, 0.717) is 19.1 Å². The molecule has 1 saturated carbocycles. The second-order valence-corrected chi connectivity index (χ2v) is 5.01. The summed E-state index contributed by atoms with van der Waals surface area (Å²) >= 11 is 0. The summed E-state index contributed by atoms with van der Waals surface area (Å²) in [6, 6.07) is 0. The average molecular weight is 212 g/mol. The number of ether oxygens (including phenoxy) is 2. The first-order valence-corrected chi connectivity index (χ1v) is 5.93. The molecule has 0 N–H and O–H groups in total. The van der Waals surface area contributed by atoms with Gasteiger partial charge in [-0.2, -0.15) is 0 Å². The maximum atomic E-state index is 11.6. The van der Waals surface area contributed by atoms with E-state index < -0.39 is 0 Å². The Morgan fingerprint density at radius 1 is 1.60 bits per heavy atom. The Morgan fingerprint density at radius 3 is 2.80 bits per heavy atom. The van der Waals surface area contributed by atoms with Crippen molar-refractivity contribution in [1.29, 1.82) is 0 Å². The van der Waals surface area contributed by atoms with Gasteiger partial charge in [0, 0.05) is 5.41 Å². The van der Waals surface area contributed by atoms with Crippen molar-refractivity contribution in [2.75, 3.05) is 13.2 Å². The molecule has 1 aliphatic carbocycles. The first-order chi connectivity index (χ1) is 7.16. The quantitative estimate of drug-likeness (QED) is 0.529. The molecule has 2 rings (SSSR count). The van der Waals surface area contributed by atoms with E-state index >= 15 is 0 Å². The minimum Gasteiger partial charge on any atom is -0.466 e. The number of hydrogen-bond donors (Lipinski definition) is 0. The van der Waals surface area contributed by atoms with Crippen molar-refractivity contribution in [2.24, 2.45) is 11.3 Å². The molecule has 15 heavy (non-hydrogen) atoms. The molecule has 86 valence electrons. The van der Waals surface area contributed by atoms with Crippen LogP contribution in [-0.4, -0.2) is 25.3 Å². The summed E-state index contributed by atoms with van der Waals surface area (Å²) in [5.74, 6) is 0.672. The van der Waals surface area contributed by atoms with E-state index in [1.165, 1.54) is 6.42 Å². The van der Waals surface area contributed by atoms with Crippen molar-refractivity contribution in [2.45, 2.75) is 45.6 Å². The molecule has 0 aromatic heterocycles. The molecular formula is C12H20O3. The lowest BCUT2D eigenvalue weighted by molar-refractivity contribution is -0.146. The van der Waals surface area contributed by atoms with E-state index in [1.807, 2.05) is 6.92 Å². The van der Waals surface area contributed by atoms with Gasteiger partial charge in [-0.1, -0.05) is 13.3 Å². The lowest BCUT2D eigenvalue weighted by atomic mass is 9.79. The van der Waals surface area contributed by atoms with Gasteiger partial charge in [-0.25, -0.2) is 0 Å². The molecule has 3 atom stereocenters. The zero-order chi connectivity index (χ0) is 10.9. The fourth-order valence-corrected chi connectivity index (χ4v) is 2.90. The summed E-state index contributed by atoms with van der Waals surface area (Å²) in [6.07, 6.45) is 4.34. The molecule has 1 aliphatic heterocycles. The number of carbonyl (C=O) groups excluding carboxylic acids is 1. The third-order valence-corrected chi connectivity index (χ3v) is 3.71. The lowest BCUT2D eigenvalue weighted by Crippen LogP contribution is -2.28. The smallest absolute Gasteiger partial charge is 0.306 e. The minimum atomic E-state index is -0.0536. The maximum absolute atomic E-state index is 11.6. The Bertz CT molecular complexity index is 247. The van der Waals surface area contributed by atoms with Crippen LogP contribution < -0.4 is 0 Å². The van der Waals surface area contributed by atoms with Gasteiger partial charge in [0.1, 0.15) is 0 Å². The van der Waals surface area contributed by atoms with E-state index in [1.54, 1.807) is 0 Å². The topological polar surface area (TPSA) is 38.8 Å². The van der Waals surface area contributed by atoms with E-state index in [9.17, 15) is 4.79 Å². The Kier molecular flexibility index (Phi) is 3.01. The summed E-state index contributed by atoms with van der Waals surface area (Å²) in [6.45, 7) is 5.44. The molecular weight excluding hydrogens is 192 g/mol. The van der Waals surface area contributed by atoms with Crippen LogP contribution in [0.2, 0.25) is 0 Å². The van der Waals surface area contributed by atoms with Crippen molar-refractivity contribution in [3.05, 3.63) is 0 Å². The highest BCUT2D eigenvalue weighted by molar-refractivity contribution is 5.70. The van der Waals surface area contributed by atoms with Crippen LogP contribution in [0.25, 0.3) is 0 Å². The van der Waals surface area contributed by atoms with Gasteiger partial charge < -0.3 is 9.47 Å². The molecule has 3 nitrogen and oxygen atoms in total. The minimum absolute atomic E-state index is 0.0536. The van der Waals surface area contributed by atoms with Crippen LogP contribution >= 0.6 is 0 Å². The average Bonchev–Trinajstić information content (AvgIpc) is 2.94. The normalized spacial score (nSPS) is 39.1. The zero-order valence-electron chi connectivity index (χ0n) is 9.62. The highest BCUT2D eigenvalue weighted by Gasteiger charge is 2.51. The second-order valence-electron chi connectivity index (χ2n) is 5.01. The Labute approximate surface area is 91.1 Å². The molecule has 2 fully saturated rings. The first kappa shape index (κ1) is 10.9. The van der Waals surface area contributed by atoms with E-state index in [2.05, 4.69) is 6.92 Å². The van der Waals surface area contributed by atoms with Gasteiger partial charge in [-0.05, 0) is 25.7 Å². The standard InChI is InChI=1S/C12H20O3/c1-3-14-11(13)7-12(10-8-15-10)5-4-9(2)6-12/h9-10H,3-8H2,1-2H3. The van der Waals surface area contributed by atoms with E-state index in [4.69, 9.17) is 9.47 Å². The lowest BCUT2D eigenvalue weighted by Gasteiger charge is -2.26. The van der Waals surface area contributed by atoms with Crippen LogP contribution in [-0.2, 0) is 14.3 Å². The summed E-state index contributed by atoms with van der Waals surface area (Å²) < 4.78 is 10.5. The fourth-order valence-electron chi connectivity index (χ4n) is 2.90. The number of hydrogen-bond acceptors (Lipinski definition) is 3. The van der Waals surface area contributed by atoms with E-state index in [0.717, 1.165) is 25.4 Å². The molecule has 0 bridgehead atoms. The molecule has 1 saturated heterocycles. The summed E-state index contributed by atoms with van der Waals surface area (Å²) in [4.78, 5) is 11.6. The summed E-state index contributed by atoms with van der Waals surface area (Å²) in [7, 11) is 0. The van der Waals surface area contributed by atoms with Crippen molar-refractivity contribution in [1.82, 2.24) is 0 Å². The van der Waals surface area contributed by atoms with Gasteiger partial charge in [0.15, 0.2) is 0 Å². The number of carbonyl (C=O) groups is 1. The van der Waals surface area contributed by atoms with Gasteiger partial charge in [0.05, 0.1) is 25.7 Å². The molecule has 0 aromatic rings. The molecule has 0 spiro atoms. The van der Waals surface area contributed by atoms with Gasteiger partial charge in [-0.3, -0.25) is 4.79 Å². The molecule has 0 aromatic carbocycles. The predicted molar refractivity (Wildman–Crippen MR) is 56.4 cm³/mol. The van der Waals surface area contributed by atoms with Crippen LogP contribution in [0.4, 0.5) is 0 Å². The van der Waals surface area contributed by atoms with Crippen LogP contribution in [0.1, 0.15) is 39.5 Å². The Morgan fingerprint density at radius 2 is 2.33 bits per heavy atom. The number of epoxide rings is 1. The predicted octanol–water partition coefficient (Wildman–Crippen LogP) is 2.14. The first-order valence-electron chi connectivity index (χ1n) is 5.93. The molecule has 0 amide bonds. The van der Waals surface area contributed by atoms with Crippen LogP contribution in [0.5, 0.6) is 0 Å². The largest absolute Gasteiger partial charge is 0.466 e. The molecule has 3 unspecified atom stereocenters. The highest BCUT2D eigenvalue weighted by atomic mass is 16.6. The van der Waals surface area contributed by atoms with Crippen molar-refractivity contribution >= 4 is 5.97 Å².